The molecule has 1 fully saturated rings. The molecule has 1 aromatic carbocycles. The van der Waals surface area contributed by atoms with E-state index >= 15 is 0 Å². The van der Waals surface area contributed by atoms with Crippen molar-refractivity contribution in [2.24, 2.45) is 17.6 Å². The maximum atomic E-state index is 5.86. The van der Waals surface area contributed by atoms with Crippen LogP contribution in [0.4, 0.5) is 0 Å². The van der Waals surface area contributed by atoms with Crippen LogP contribution in [0.1, 0.15) is 51.2 Å². The minimum Gasteiger partial charge on any atom is -0.330 e. The summed E-state index contributed by atoms with van der Waals surface area (Å²) in [5, 5.41) is 0. The van der Waals surface area contributed by atoms with Gasteiger partial charge in [-0.2, -0.15) is 0 Å². The minimum atomic E-state index is 0.256. The van der Waals surface area contributed by atoms with Gasteiger partial charge in [-0.3, -0.25) is 0 Å². The fraction of sp³-hybridized carbons (Fsp3) is 0.647. The lowest BCUT2D eigenvalue weighted by Crippen LogP contribution is -2.20. The molecule has 0 aromatic heterocycles. The molecule has 100 valence electrons. The molecule has 0 saturated heterocycles. The molecule has 2 atom stereocenters. The highest BCUT2D eigenvalue weighted by atomic mass is 14.6. The lowest BCUT2D eigenvalue weighted by Gasteiger charge is -2.21. The average Bonchev–Trinajstić information content (AvgIpc) is 2.76. The van der Waals surface area contributed by atoms with E-state index in [-0.39, 0.29) is 5.41 Å². The zero-order valence-corrected chi connectivity index (χ0v) is 12.1. The molecule has 0 aliphatic heterocycles. The number of hydrogen-bond acceptors (Lipinski definition) is 1. The van der Waals surface area contributed by atoms with Crippen LogP contribution < -0.4 is 5.73 Å². The molecule has 1 aromatic rings. The first-order chi connectivity index (χ1) is 8.50. The Morgan fingerprint density at radius 3 is 2.22 bits per heavy atom. The number of hydrogen-bond donors (Lipinski definition) is 1. The zero-order chi connectivity index (χ0) is 13.2. The molecule has 1 saturated carbocycles. The Bertz CT molecular complexity index is 372. The van der Waals surface area contributed by atoms with Gasteiger partial charge in [0.25, 0.3) is 0 Å². The van der Waals surface area contributed by atoms with E-state index < -0.39 is 0 Å². The third-order valence-corrected chi connectivity index (χ3v) is 4.44. The number of benzene rings is 1. The van der Waals surface area contributed by atoms with Crippen LogP contribution in [0.5, 0.6) is 0 Å². The van der Waals surface area contributed by atoms with E-state index in [1.807, 2.05) is 0 Å². The third kappa shape index (κ3) is 3.14. The third-order valence-electron chi connectivity index (χ3n) is 4.44. The van der Waals surface area contributed by atoms with Crippen molar-refractivity contribution in [3.8, 4) is 0 Å². The van der Waals surface area contributed by atoms with Crippen LogP contribution in [-0.2, 0) is 11.8 Å². The molecule has 0 amide bonds. The van der Waals surface area contributed by atoms with Gasteiger partial charge >= 0.3 is 0 Å². The van der Waals surface area contributed by atoms with E-state index in [1.54, 1.807) is 0 Å². The van der Waals surface area contributed by atoms with Crippen LogP contribution in [0, 0.1) is 11.8 Å². The molecule has 2 rings (SSSR count). The molecular formula is C17H27N. The van der Waals surface area contributed by atoms with Crippen LogP contribution in [0.25, 0.3) is 0 Å². The van der Waals surface area contributed by atoms with Gasteiger partial charge in [0.05, 0.1) is 0 Å². The Morgan fingerprint density at radius 2 is 1.67 bits per heavy atom. The molecule has 1 aliphatic rings. The zero-order valence-electron chi connectivity index (χ0n) is 12.1. The Kier molecular flexibility index (Phi) is 4.11. The first-order valence-electron chi connectivity index (χ1n) is 7.30. The number of nitrogens with two attached hydrogens (primary N) is 1. The van der Waals surface area contributed by atoms with Crippen LogP contribution in [-0.4, -0.2) is 6.54 Å². The highest BCUT2D eigenvalue weighted by Gasteiger charge is 2.26. The molecule has 2 unspecified atom stereocenters. The maximum Gasteiger partial charge on any atom is -0.00461 e. The topological polar surface area (TPSA) is 26.0 Å². The van der Waals surface area contributed by atoms with Gasteiger partial charge in [0.15, 0.2) is 0 Å². The largest absolute Gasteiger partial charge is 0.330 e. The van der Waals surface area contributed by atoms with Crippen molar-refractivity contribution in [2.75, 3.05) is 6.54 Å². The van der Waals surface area contributed by atoms with Gasteiger partial charge in [-0.25, -0.2) is 0 Å². The average molecular weight is 245 g/mol. The van der Waals surface area contributed by atoms with Gasteiger partial charge in [-0.1, -0.05) is 51.5 Å². The molecule has 0 heterocycles. The van der Waals surface area contributed by atoms with E-state index in [4.69, 9.17) is 5.73 Å². The van der Waals surface area contributed by atoms with E-state index in [0.717, 1.165) is 18.4 Å². The normalized spacial score (nSPS) is 24.4. The lowest BCUT2D eigenvalue weighted by atomic mass is 9.85. The van der Waals surface area contributed by atoms with Gasteiger partial charge in [0, 0.05) is 0 Å². The highest BCUT2D eigenvalue weighted by molar-refractivity contribution is 5.27. The monoisotopic (exact) mass is 245 g/mol. The summed E-state index contributed by atoms with van der Waals surface area (Å²) in [6, 6.07) is 9.21. The van der Waals surface area contributed by atoms with Crippen molar-refractivity contribution in [1.29, 1.82) is 0 Å². The van der Waals surface area contributed by atoms with E-state index in [0.29, 0.717) is 0 Å². The summed E-state index contributed by atoms with van der Waals surface area (Å²) in [5.41, 5.74) is 9.02. The predicted molar refractivity (Wildman–Crippen MR) is 78.7 cm³/mol. The smallest absolute Gasteiger partial charge is 0.00461 e. The fourth-order valence-electron chi connectivity index (χ4n) is 3.14. The van der Waals surface area contributed by atoms with Gasteiger partial charge < -0.3 is 5.73 Å². The van der Waals surface area contributed by atoms with Crippen LogP contribution >= 0.6 is 0 Å². The Labute approximate surface area is 112 Å². The molecule has 0 bridgehead atoms. The highest BCUT2D eigenvalue weighted by Crippen LogP contribution is 2.33. The fourth-order valence-corrected chi connectivity index (χ4v) is 3.14. The van der Waals surface area contributed by atoms with Crippen molar-refractivity contribution in [1.82, 2.24) is 0 Å². The predicted octanol–water partition coefficient (Wildman–Crippen LogP) is 3.90. The summed E-state index contributed by atoms with van der Waals surface area (Å²) >= 11 is 0. The van der Waals surface area contributed by atoms with Crippen molar-refractivity contribution < 1.29 is 0 Å². The summed E-state index contributed by atoms with van der Waals surface area (Å²) < 4.78 is 0. The molecule has 1 heteroatoms. The minimum absolute atomic E-state index is 0.256. The Hall–Kier alpha value is -0.820. The molecule has 2 N–H and O–H groups in total. The summed E-state index contributed by atoms with van der Waals surface area (Å²) in [4.78, 5) is 0. The van der Waals surface area contributed by atoms with Crippen LogP contribution in [0.15, 0.2) is 24.3 Å². The van der Waals surface area contributed by atoms with Crippen LogP contribution in [0.2, 0.25) is 0 Å². The van der Waals surface area contributed by atoms with E-state index in [9.17, 15) is 0 Å². The molecule has 0 radical (unpaired) electrons. The molecule has 0 spiro atoms. The van der Waals surface area contributed by atoms with Gasteiger partial charge in [0.1, 0.15) is 0 Å². The van der Waals surface area contributed by atoms with E-state index in [1.165, 1.54) is 36.8 Å². The molecule has 18 heavy (non-hydrogen) atoms. The van der Waals surface area contributed by atoms with Crippen molar-refractivity contribution in [3.05, 3.63) is 35.4 Å². The molecular weight excluding hydrogens is 218 g/mol. The SMILES string of the molecule is CC(C)(C)c1ccc(CC2CCCC2CN)cc1. The van der Waals surface area contributed by atoms with Gasteiger partial charge in [-0.15, -0.1) is 0 Å². The van der Waals surface area contributed by atoms with Crippen LogP contribution in [0.3, 0.4) is 0 Å². The van der Waals surface area contributed by atoms with Crippen molar-refractivity contribution >= 4 is 0 Å². The summed E-state index contributed by atoms with van der Waals surface area (Å²) in [6.07, 6.45) is 5.28. The molecule has 1 aliphatic carbocycles. The standard InChI is InChI=1S/C17H27N/c1-17(2,3)16-9-7-13(8-10-16)11-14-5-4-6-15(14)12-18/h7-10,14-15H,4-6,11-12,18H2,1-3H3. The second kappa shape index (κ2) is 5.44. The second-order valence-electron chi connectivity index (χ2n) is 6.84. The van der Waals surface area contributed by atoms with Crippen molar-refractivity contribution in [3.63, 3.8) is 0 Å². The summed E-state index contributed by atoms with van der Waals surface area (Å²) in [5.74, 6) is 1.57. The Morgan fingerprint density at radius 1 is 1.06 bits per heavy atom. The van der Waals surface area contributed by atoms with Gasteiger partial charge in [0.2, 0.25) is 0 Å². The van der Waals surface area contributed by atoms with Gasteiger partial charge in [-0.05, 0) is 54.2 Å². The second-order valence-corrected chi connectivity index (χ2v) is 6.84. The Balaban J connectivity index is 2.02. The quantitative estimate of drug-likeness (QED) is 0.858. The summed E-state index contributed by atoms with van der Waals surface area (Å²) in [7, 11) is 0. The summed E-state index contributed by atoms with van der Waals surface area (Å²) in [6.45, 7) is 7.67. The maximum absolute atomic E-state index is 5.86. The number of rotatable bonds is 3. The van der Waals surface area contributed by atoms with Crippen molar-refractivity contribution in [2.45, 2.75) is 51.9 Å². The first-order valence-corrected chi connectivity index (χ1v) is 7.30. The lowest BCUT2D eigenvalue weighted by molar-refractivity contribution is 0.394. The van der Waals surface area contributed by atoms with E-state index in [2.05, 4.69) is 45.0 Å². The first kappa shape index (κ1) is 13.6. The molecule has 1 nitrogen and oxygen atoms in total.